The van der Waals surface area contributed by atoms with Crippen molar-refractivity contribution in [2.24, 2.45) is 0 Å². The van der Waals surface area contributed by atoms with E-state index in [0.29, 0.717) is 22.4 Å². The Balaban J connectivity index is 2.76. The van der Waals surface area contributed by atoms with E-state index in [1.54, 1.807) is 37.3 Å². The molecule has 5 nitrogen and oxygen atoms in total. The Morgan fingerprint density at radius 3 is 2.14 bits per heavy atom. The molecule has 21 heavy (non-hydrogen) atoms. The van der Waals surface area contributed by atoms with Crippen molar-refractivity contribution in [1.82, 2.24) is 0 Å². The van der Waals surface area contributed by atoms with Gasteiger partial charge in [-0.1, -0.05) is 18.2 Å². The van der Waals surface area contributed by atoms with Crippen molar-refractivity contribution in [3.05, 3.63) is 53.1 Å². The maximum Gasteiger partial charge on any atom is 0.336 e. The lowest BCUT2D eigenvalue weighted by Gasteiger charge is -2.13. The third-order valence-electron chi connectivity index (χ3n) is 3.22. The van der Waals surface area contributed by atoms with Crippen LogP contribution in [0.1, 0.15) is 26.3 Å². The van der Waals surface area contributed by atoms with E-state index in [0.717, 1.165) is 0 Å². The lowest BCUT2D eigenvalue weighted by Crippen LogP contribution is -2.07. The predicted molar refractivity (Wildman–Crippen MR) is 77.1 cm³/mol. The molecule has 0 bridgehead atoms. The van der Waals surface area contributed by atoms with E-state index in [2.05, 4.69) is 0 Å². The van der Waals surface area contributed by atoms with Gasteiger partial charge < -0.3 is 14.9 Å². The van der Waals surface area contributed by atoms with Crippen LogP contribution in [0.15, 0.2) is 36.4 Å². The highest BCUT2D eigenvalue weighted by Gasteiger charge is 2.19. The van der Waals surface area contributed by atoms with Gasteiger partial charge in [0.25, 0.3) is 0 Å². The zero-order chi connectivity index (χ0) is 15.6. The van der Waals surface area contributed by atoms with Gasteiger partial charge >= 0.3 is 11.9 Å². The molecule has 108 valence electrons. The van der Waals surface area contributed by atoms with Crippen LogP contribution in [0.3, 0.4) is 0 Å². The molecule has 2 rings (SSSR count). The van der Waals surface area contributed by atoms with Gasteiger partial charge in [0.15, 0.2) is 0 Å². The Labute approximate surface area is 121 Å². The highest BCUT2D eigenvalue weighted by atomic mass is 16.5. The van der Waals surface area contributed by atoms with Crippen molar-refractivity contribution >= 4 is 11.9 Å². The van der Waals surface area contributed by atoms with Crippen LogP contribution >= 0.6 is 0 Å². The van der Waals surface area contributed by atoms with E-state index in [1.165, 1.54) is 13.2 Å². The van der Waals surface area contributed by atoms with Gasteiger partial charge in [0.05, 0.1) is 18.2 Å². The first-order valence-corrected chi connectivity index (χ1v) is 6.20. The van der Waals surface area contributed by atoms with E-state index in [1.807, 2.05) is 0 Å². The molecule has 0 amide bonds. The molecule has 2 aromatic carbocycles. The summed E-state index contributed by atoms with van der Waals surface area (Å²) in [5.41, 5.74) is 1.45. The largest absolute Gasteiger partial charge is 0.496 e. The summed E-state index contributed by atoms with van der Waals surface area (Å²) in [4.78, 5) is 22.6. The summed E-state index contributed by atoms with van der Waals surface area (Å²) in [6.45, 7) is 1.63. The van der Waals surface area contributed by atoms with Gasteiger partial charge in [-0.3, -0.25) is 0 Å². The maximum absolute atomic E-state index is 11.4. The molecular formula is C16H14O5. The fourth-order valence-corrected chi connectivity index (χ4v) is 2.21. The molecule has 0 fully saturated rings. The molecule has 2 N–H and O–H groups in total. The number of hydrogen-bond acceptors (Lipinski definition) is 3. The molecule has 2 aromatic rings. The molecule has 0 spiro atoms. The number of carboxylic acids is 2. The van der Waals surface area contributed by atoms with Crippen LogP contribution in [-0.2, 0) is 0 Å². The number of aryl methyl sites for hydroxylation is 1. The van der Waals surface area contributed by atoms with Crippen molar-refractivity contribution in [2.75, 3.05) is 7.11 Å². The van der Waals surface area contributed by atoms with Gasteiger partial charge in [-0.25, -0.2) is 9.59 Å². The van der Waals surface area contributed by atoms with Crippen molar-refractivity contribution in [3.63, 3.8) is 0 Å². The number of ether oxygens (including phenoxy) is 1. The van der Waals surface area contributed by atoms with E-state index < -0.39 is 11.9 Å². The number of benzene rings is 2. The zero-order valence-corrected chi connectivity index (χ0v) is 11.6. The summed E-state index contributed by atoms with van der Waals surface area (Å²) in [5.74, 6) is -1.80. The monoisotopic (exact) mass is 286 g/mol. The number of carbonyl (C=O) groups is 2. The second kappa shape index (κ2) is 5.66. The van der Waals surface area contributed by atoms with Crippen LogP contribution in [0.4, 0.5) is 0 Å². The third-order valence-corrected chi connectivity index (χ3v) is 3.22. The lowest BCUT2D eigenvalue weighted by molar-refractivity contribution is 0.0695. The molecule has 0 unspecified atom stereocenters. The molecule has 0 aliphatic carbocycles. The Hall–Kier alpha value is -2.82. The summed E-state index contributed by atoms with van der Waals surface area (Å²) in [7, 11) is 1.50. The number of hydrogen-bond donors (Lipinski definition) is 2. The average molecular weight is 286 g/mol. The highest BCUT2D eigenvalue weighted by Crippen LogP contribution is 2.34. The Morgan fingerprint density at radius 1 is 0.952 bits per heavy atom. The smallest absolute Gasteiger partial charge is 0.336 e. The fraction of sp³-hybridized carbons (Fsp3) is 0.125. The van der Waals surface area contributed by atoms with Gasteiger partial charge in [0.2, 0.25) is 0 Å². The number of rotatable bonds is 4. The minimum atomic E-state index is -1.18. The molecule has 0 radical (unpaired) electrons. The van der Waals surface area contributed by atoms with Gasteiger partial charge in [-0.15, -0.1) is 0 Å². The van der Waals surface area contributed by atoms with Crippen LogP contribution in [0.2, 0.25) is 0 Å². The summed E-state index contributed by atoms with van der Waals surface area (Å²) in [6.07, 6.45) is 0. The number of para-hydroxylation sites is 1. The minimum Gasteiger partial charge on any atom is -0.496 e. The van der Waals surface area contributed by atoms with Crippen LogP contribution in [0.5, 0.6) is 5.75 Å². The summed E-state index contributed by atoms with van der Waals surface area (Å²) in [6, 6.07) is 9.75. The van der Waals surface area contributed by atoms with Gasteiger partial charge in [0.1, 0.15) is 5.75 Å². The summed E-state index contributed by atoms with van der Waals surface area (Å²) >= 11 is 0. The van der Waals surface area contributed by atoms with Crippen molar-refractivity contribution in [3.8, 4) is 16.9 Å². The van der Waals surface area contributed by atoms with Crippen LogP contribution < -0.4 is 4.74 Å². The third kappa shape index (κ3) is 2.72. The topological polar surface area (TPSA) is 83.8 Å². The van der Waals surface area contributed by atoms with Crippen LogP contribution in [0, 0.1) is 6.92 Å². The molecule has 0 atom stereocenters. The van der Waals surface area contributed by atoms with Crippen molar-refractivity contribution in [2.45, 2.75) is 6.92 Å². The van der Waals surface area contributed by atoms with E-state index in [9.17, 15) is 14.7 Å². The molecule has 0 aromatic heterocycles. The number of carboxylic acid groups (broad SMARTS) is 2. The van der Waals surface area contributed by atoms with E-state index in [4.69, 9.17) is 9.84 Å². The first-order chi connectivity index (χ1) is 9.95. The van der Waals surface area contributed by atoms with Gasteiger partial charge in [-0.2, -0.15) is 0 Å². The summed E-state index contributed by atoms with van der Waals surface area (Å²) in [5, 5.41) is 18.5. The van der Waals surface area contributed by atoms with E-state index in [-0.39, 0.29) is 11.1 Å². The quantitative estimate of drug-likeness (QED) is 0.902. The van der Waals surface area contributed by atoms with Crippen molar-refractivity contribution in [1.29, 1.82) is 0 Å². The normalized spacial score (nSPS) is 10.2. The van der Waals surface area contributed by atoms with Gasteiger partial charge in [-0.05, 0) is 30.7 Å². The molecule has 0 aliphatic rings. The second-order valence-electron chi connectivity index (χ2n) is 4.52. The first kappa shape index (κ1) is 14.6. The van der Waals surface area contributed by atoms with Crippen LogP contribution in [0.25, 0.3) is 11.1 Å². The molecule has 0 saturated carbocycles. The SMILES string of the molecule is COc1ccccc1-c1cc(C)c(C(=O)O)cc1C(=O)O. The van der Waals surface area contributed by atoms with Crippen molar-refractivity contribution < 1.29 is 24.5 Å². The Bertz CT molecular complexity index is 719. The van der Waals surface area contributed by atoms with Crippen LogP contribution in [-0.4, -0.2) is 29.3 Å². The first-order valence-electron chi connectivity index (χ1n) is 6.20. The number of methoxy groups -OCH3 is 1. The zero-order valence-electron chi connectivity index (χ0n) is 11.6. The minimum absolute atomic E-state index is 0.0222. The molecule has 5 heteroatoms. The second-order valence-corrected chi connectivity index (χ2v) is 4.52. The molecule has 0 heterocycles. The van der Waals surface area contributed by atoms with E-state index >= 15 is 0 Å². The average Bonchev–Trinajstić information content (AvgIpc) is 2.46. The standard InChI is InChI=1S/C16H14O5/c1-9-7-12(10-5-3-4-6-14(10)21-2)13(16(19)20)8-11(9)15(17)18/h3-8H,1-2H3,(H,17,18)(H,19,20). The highest BCUT2D eigenvalue weighted by molar-refractivity contribution is 6.01. The fourth-order valence-electron chi connectivity index (χ4n) is 2.21. The Kier molecular flexibility index (Phi) is 3.93. The lowest BCUT2D eigenvalue weighted by atomic mass is 9.93. The molecule has 0 aliphatic heterocycles. The Morgan fingerprint density at radius 2 is 1.57 bits per heavy atom. The summed E-state index contributed by atoms with van der Waals surface area (Å²) < 4.78 is 5.24. The predicted octanol–water partition coefficient (Wildman–Crippen LogP) is 3.07. The molecule has 0 saturated heterocycles. The number of aromatic carboxylic acids is 2. The maximum atomic E-state index is 11.4. The molecular weight excluding hydrogens is 272 g/mol. The van der Waals surface area contributed by atoms with Gasteiger partial charge in [0, 0.05) is 11.1 Å².